The molecule has 0 spiro atoms. The van der Waals surface area contributed by atoms with Crippen LogP contribution in [0, 0.1) is 5.82 Å². The molecule has 17 heavy (non-hydrogen) atoms. The van der Waals surface area contributed by atoms with Crippen LogP contribution in [0.25, 0.3) is 0 Å². The first-order chi connectivity index (χ1) is 8.04. The molecule has 0 radical (unpaired) electrons. The topological polar surface area (TPSA) is 72.5 Å². The summed E-state index contributed by atoms with van der Waals surface area (Å²) >= 11 is 0. The van der Waals surface area contributed by atoms with Gasteiger partial charge in [0.25, 0.3) is 0 Å². The third-order valence-corrected chi connectivity index (χ3v) is 2.35. The number of halogens is 1. The lowest BCUT2D eigenvalue weighted by Gasteiger charge is -2.12. The normalized spacial score (nSPS) is 12.2. The van der Waals surface area contributed by atoms with Gasteiger partial charge in [0.1, 0.15) is 0 Å². The summed E-state index contributed by atoms with van der Waals surface area (Å²) in [7, 11) is 0. The number of ether oxygens (including phenoxy) is 1. The maximum atomic E-state index is 13.5. The second-order valence-corrected chi connectivity index (χ2v) is 3.66. The first-order valence-corrected chi connectivity index (χ1v) is 5.44. The quantitative estimate of drug-likeness (QED) is 0.799. The van der Waals surface area contributed by atoms with Gasteiger partial charge in [-0.3, -0.25) is 4.79 Å². The minimum Gasteiger partial charge on any atom is -0.491 e. The number of rotatable bonds is 6. The Labute approximate surface area is 99.2 Å². The van der Waals surface area contributed by atoms with Gasteiger partial charge in [0, 0.05) is 12.5 Å². The average Bonchev–Trinajstić information content (AvgIpc) is 2.28. The molecule has 0 bridgehead atoms. The maximum absolute atomic E-state index is 13.5. The summed E-state index contributed by atoms with van der Waals surface area (Å²) in [6.07, 6.45) is 0.249. The van der Waals surface area contributed by atoms with Gasteiger partial charge in [-0.1, -0.05) is 6.07 Å². The van der Waals surface area contributed by atoms with Gasteiger partial charge < -0.3 is 15.6 Å². The molecule has 0 saturated carbocycles. The van der Waals surface area contributed by atoms with E-state index in [0.29, 0.717) is 12.2 Å². The molecule has 0 amide bonds. The van der Waals surface area contributed by atoms with Crippen LogP contribution in [0.4, 0.5) is 4.39 Å². The number of nitrogens with two attached hydrogens (primary N) is 1. The molecule has 3 N–H and O–H groups in total. The lowest BCUT2D eigenvalue weighted by atomic mass is 10.0. The van der Waals surface area contributed by atoms with Crippen LogP contribution in [0.1, 0.15) is 31.4 Å². The number of carboxylic acids is 1. The average molecular weight is 241 g/mol. The minimum absolute atomic E-state index is 0.0317. The second kappa shape index (κ2) is 6.20. The van der Waals surface area contributed by atoms with Gasteiger partial charge in [0.05, 0.1) is 6.61 Å². The van der Waals surface area contributed by atoms with Crippen LogP contribution in [0.3, 0.4) is 0 Å². The maximum Gasteiger partial charge on any atom is 0.303 e. The van der Waals surface area contributed by atoms with Gasteiger partial charge in [-0.05, 0) is 31.0 Å². The lowest BCUT2D eigenvalue weighted by molar-refractivity contribution is -0.137. The molecule has 0 aliphatic rings. The number of carbonyl (C=O) groups is 1. The second-order valence-electron chi connectivity index (χ2n) is 3.66. The third kappa shape index (κ3) is 4.03. The van der Waals surface area contributed by atoms with Gasteiger partial charge in [-0.25, -0.2) is 4.39 Å². The van der Waals surface area contributed by atoms with Gasteiger partial charge >= 0.3 is 5.97 Å². The highest BCUT2D eigenvalue weighted by Crippen LogP contribution is 2.23. The van der Waals surface area contributed by atoms with E-state index in [9.17, 15) is 9.18 Å². The van der Waals surface area contributed by atoms with Crippen LogP contribution in [0.2, 0.25) is 0 Å². The van der Waals surface area contributed by atoms with Gasteiger partial charge in [-0.2, -0.15) is 0 Å². The van der Waals surface area contributed by atoms with E-state index in [0.717, 1.165) is 0 Å². The summed E-state index contributed by atoms with van der Waals surface area (Å²) in [4.78, 5) is 10.4. The molecule has 1 atom stereocenters. The van der Waals surface area contributed by atoms with Crippen molar-refractivity contribution in [3.05, 3.63) is 29.6 Å². The summed E-state index contributed by atoms with van der Waals surface area (Å²) in [5, 5.41) is 8.53. The highest BCUT2D eigenvalue weighted by atomic mass is 19.1. The molecule has 1 unspecified atom stereocenters. The summed E-state index contributed by atoms with van der Waals surface area (Å²) < 4.78 is 18.6. The summed E-state index contributed by atoms with van der Waals surface area (Å²) in [5.41, 5.74) is 6.34. The van der Waals surface area contributed by atoms with Crippen LogP contribution in [-0.2, 0) is 4.79 Å². The van der Waals surface area contributed by atoms with E-state index in [-0.39, 0.29) is 18.6 Å². The molecule has 0 aliphatic carbocycles. The van der Waals surface area contributed by atoms with Crippen molar-refractivity contribution in [1.29, 1.82) is 0 Å². The fraction of sp³-hybridized carbons (Fsp3) is 0.417. The molecule has 1 aromatic rings. The molecular weight excluding hydrogens is 225 g/mol. The Morgan fingerprint density at radius 1 is 1.59 bits per heavy atom. The number of carboxylic acid groups (broad SMARTS) is 1. The molecular formula is C12H16FNO3. The van der Waals surface area contributed by atoms with E-state index in [2.05, 4.69) is 0 Å². The van der Waals surface area contributed by atoms with Crippen molar-refractivity contribution >= 4 is 5.97 Å². The van der Waals surface area contributed by atoms with Gasteiger partial charge in [0.15, 0.2) is 11.6 Å². The van der Waals surface area contributed by atoms with Crippen molar-refractivity contribution in [2.75, 3.05) is 6.61 Å². The van der Waals surface area contributed by atoms with E-state index in [4.69, 9.17) is 15.6 Å². The first kappa shape index (κ1) is 13.4. The molecule has 1 aromatic carbocycles. The van der Waals surface area contributed by atoms with Crippen LogP contribution in [0.15, 0.2) is 18.2 Å². The Kier molecular flexibility index (Phi) is 4.90. The van der Waals surface area contributed by atoms with Crippen molar-refractivity contribution < 1.29 is 19.0 Å². The Hall–Kier alpha value is -1.62. The first-order valence-electron chi connectivity index (χ1n) is 5.44. The summed E-state index contributed by atoms with van der Waals surface area (Å²) in [6.45, 7) is 2.16. The largest absolute Gasteiger partial charge is 0.491 e. The zero-order valence-corrected chi connectivity index (χ0v) is 9.65. The van der Waals surface area contributed by atoms with Gasteiger partial charge in [0.2, 0.25) is 0 Å². The SMILES string of the molecule is CCOc1ccc(C(N)CCC(=O)O)cc1F. The van der Waals surface area contributed by atoms with Crippen LogP contribution < -0.4 is 10.5 Å². The van der Waals surface area contributed by atoms with Crippen molar-refractivity contribution in [3.63, 3.8) is 0 Å². The standard InChI is InChI=1S/C12H16FNO3/c1-2-17-11-5-3-8(7-9(11)13)10(14)4-6-12(15)16/h3,5,7,10H,2,4,6,14H2,1H3,(H,15,16). The molecule has 0 heterocycles. The summed E-state index contributed by atoms with van der Waals surface area (Å²) in [6, 6.07) is 3.98. The van der Waals surface area contributed by atoms with E-state index in [1.807, 2.05) is 0 Å². The molecule has 4 nitrogen and oxygen atoms in total. The molecule has 0 saturated heterocycles. The number of benzene rings is 1. The highest BCUT2D eigenvalue weighted by Gasteiger charge is 2.11. The van der Waals surface area contributed by atoms with E-state index >= 15 is 0 Å². The number of hydrogen-bond donors (Lipinski definition) is 2. The molecule has 5 heteroatoms. The predicted molar refractivity (Wildman–Crippen MR) is 61.4 cm³/mol. The van der Waals surface area contributed by atoms with Crippen LogP contribution >= 0.6 is 0 Å². The monoisotopic (exact) mass is 241 g/mol. The van der Waals surface area contributed by atoms with Crippen LogP contribution in [0.5, 0.6) is 5.75 Å². The van der Waals surface area contributed by atoms with Crippen molar-refractivity contribution in [2.45, 2.75) is 25.8 Å². The Bertz CT molecular complexity index is 395. The van der Waals surface area contributed by atoms with E-state index in [1.54, 1.807) is 13.0 Å². The fourth-order valence-electron chi connectivity index (χ4n) is 1.47. The molecule has 94 valence electrons. The van der Waals surface area contributed by atoms with Crippen molar-refractivity contribution in [1.82, 2.24) is 0 Å². The van der Waals surface area contributed by atoms with Crippen molar-refractivity contribution in [2.24, 2.45) is 5.73 Å². The molecule has 0 aliphatic heterocycles. The number of aliphatic carboxylic acids is 1. The van der Waals surface area contributed by atoms with Gasteiger partial charge in [-0.15, -0.1) is 0 Å². The fourth-order valence-corrected chi connectivity index (χ4v) is 1.47. The van der Waals surface area contributed by atoms with E-state index in [1.165, 1.54) is 12.1 Å². The summed E-state index contributed by atoms with van der Waals surface area (Å²) in [5.74, 6) is -1.20. The smallest absolute Gasteiger partial charge is 0.303 e. The molecule has 0 aromatic heterocycles. The number of hydrogen-bond acceptors (Lipinski definition) is 3. The van der Waals surface area contributed by atoms with Crippen molar-refractivity contribution in [3.8, 4) is 5.75 Å². The zero-order valence-electron chi connectivity index (χ0n) is 9.65. The predicted octanol–water partition coefficient (Wildman–Crippen LogP) is 2.09. The van der Waals surface area contributed by atoms with E-state index < -0.39 is 17.8 Å². The minimum atomic E-state index is -0.910. The third-order valence-electron chi connectivity index (χ3n) is 2.35. The molecule has 0 fully saturated rings. The highest BCUT2D eigenvalue weighted by molar-refractivity contribution is 5.66. The zero-order chi connectivity index (χ0) is 12.8. The van der Waals surface area contributed by atoms with Crippen LogP contribution in [-0.4, -0.2) is 17.7 Å². The Balaban J connectivity index is 2.71. The molecule has 1 rings (SSSR count). The lowest BCUT2D eigenvalue weighted by Crippen LogP contribution is -2.12. The Morgan fingerprint density at radius 2 is 2.29 bits per heavy atom. The Morgan fingerprint density at radius 3 is 2.82 bits per heavy atom.